The molecule has 13 heteroatoms. The van der Waals surface area contributed by atoms with Gasteiger partial charge >= 0.3 is 6.18 Å². The van der Waals surface area contributed by atoms with Crippen LogP contribution in [-0.2, 0) is 4.79 Å². The predicted molar refractivity (Wildman–Crippen MR) is 159 cm³/mol. The highest BCUT2D eigenvalue weighted by Gasteiger charge is 2.54. The van der Waals surface area contributed by atoms with Crippen LogP contribution in [0.25, 0.3) is 10.9 Å². The molecule has 1 fully saturated rings. The second kappa shape index (κ2) is 11.9. The third kappa shape index (κ3) is 6.53. The SMILES string of the molecule is Cc1cc(NCC(O)(CN(C)C(=O)c2c(Cl)cccc2Cl)C(F)(F)F)c2cnn(C3C=C(C(=O)NC4CC4)C=CC3)c2c1. The van der Waals surface area contributed by atoms with E-state index in [1.807, 2.05) is 18.2 Å². The van der Waals surface area contributed by atoms with Gasteiger partial charge in [-0.05, 0) is 62.1 Å². The van der Waals surface area contributed by atoms with Crippen molar-refractivity contribution in [2.75, 3.05) is 25.5 Å². The molecule has 1 aromatic heterocycles. The monoisotopic (exact) mass is 635 g/mol. The zero-order valence-electron chi connectivity index (χ0n) is 23.4. The summed E-state index contributed by atoms with van der Waals surface area (Å²) in [7, 11) is 1.14. The van der Waals surface area contributed by atoms with E-state index in [2.05, 4.69) is 15.7 Å². The number of amides is 2. The summed E-state index contributed by atoms with van der Waals surface area (Å²) >= 11 is 12.2. The first-order chi connectivity index (χ1) is 20.3. The molecule has 0 bridgehead atoms. The first-order valence-corrected chi connectivity index (χ1v) is 14.4. The minimum atomic E-state index is -5.09. The van der Waals surface area contributed by atoms with Gasteiger partial charge in [0.1, 0.15) is 0 Å². The minimum absolute atomic E-state index is 0.0175. The van der Waals surface area contributed by atoms with E-state index in [4.69, 9.17) is 23.2 Å². The number of hydrogen-bond acceptors (Lipinski definition) is 5. The van der Waals surface area contributed by atoms with Crippen molar-refractivity contribution in [1.82, 2.24) is 20.0 Å². The molecule has 2 atom stereocenters. The van der Waals surface area contributed by atoms with E-state index in [0.717, 1.165) is 30.4 Å². The van der Waals surface area contributed by atoms with Crippen molar-refractivity contribution < 1.29 is 27.9 Å². The molecule has 228 valence electrons. The molecule has 2 unspecified atom stereocenters. The highest BCUT2D eigenvalue weighted by molar-refractivity contribution is 6.39. The summed E-state index contributed by atoms with van der Waals surface area (Å²) in [6.07, 6.45) is 4.46. The van der Waals surface area contributed by atoms with Crippen LogP contribution in [0.1, 0.15) is 41.2 Å². The van der Waals surface area contributed by atoms with E-state index in [0.29, 0.717) is 28.6 Å². The number of aliphatic hydroxyl groups is 1. The first-order valence-electron chi connectivity index (χ1n) is 13.7. The smallest absolute Gasteiger partial charge is 0.381 e. The first kappa shape index (κ1) is 30.9. The Labute approximate surface area is 256 Å². The van der Waals surface area contributed by atoms with Gasteiger partial charge in [0.15, 0.2) is 5.60 Å². The van der Waals surface area contributed by atoms with Crippen LogP contribution in [0.3, 0.4) is 0 Å². The van der Waals surface area contributed by atoms with Crippen LogP contribution in [0.15, 0.2) is 60.3 Å². The number of benzene rings is 2. The van der Waals surface area contributed by atoms with Gasteiger partial charge in [0.2, 0.25) is 0 Å². The lowest BCUT2D eigenvalue weighted by Crippen LogP contribution is -2.58. The van der Waals surface area contributed by atoms with Gasteiger partial charge in [-0.1, -0.05) is 41.4 Å². The van der Waals surface area contributed by atoms with Gasteiger partial charge in [-0.25, -0.2) is 0 Å². The lowest BCUT2D eigenvalue weighted by Gasteiger charge is -2.34. The third-order valence-corrected chi connectivity index (χ3v) is 8.15. The molecule has 0 aliphatic heterocycles. The number of alkyl halides is 3. The van der Waals surface area contributed by atoms with Crippen molar-refractivity contribution in [1.29, 1.82) is 0 Å². The molecule has 1 heterocycles. The fourth-order valence-corrected chi connectivity index (χ4v) is 5.58. The number of nitrogens with zero attached hydrogens (tertiary/aromatic N) is 3. The van der Waals surface area contributed by atoms with Gasteiger partial charge in [-0.15, -0.1) is 0 Å². The molecule has 5 rings (SSSR count). The Morgan fingerprint density at radius 1 is 1.19 bits per heavy atom. The average Bonchev–Trinajstić information content (AvgIpc) is 3.66. The van der Waals surface area contributed by atoms with Crippen molar-refractivity contribution >= 4 is 51.6 Å². The standard InChI is InChI=1S/C30H30Cl2F3N5O3/c1-17-11-24(21-14-37-40(25(21)12-17)20-6-3-5-18(13-20)27(41)38-19-9-10-19)36-15-29(43,30(33,34)35)16-39(2)28(42)26-22(31)7-4-8-23(26)32/h3-5,7-8,11-14,19-20,36,43H,6,9-10,15-16H2,1-2H3,(H,38,41). The topological polar surface area (TPSA) is 99.5 Å². The molecule has 2 aliphatic rings. The number of rotatable bonds is 9. The predicted octanol–water partition coefficient (Wildman–Crippen LogP) is 5.84. The zero-order valence-corrected chi connectivity index (χ0v) is 24.9. The highest BCUT2D eigenvalue weighted by Crippen LogP contribution is 2.35. The van der Waals surface area contributed by atoms with Gasteiger partial charge in [-0.3, -0.25) is 14.3 Å². The van der Waals surface area contributed by atoms with E-state index in [1.165, 1.54) is 24.4 Å². The number of aryl methyl sites for hydroxylation is 1. The largest absolute Gasteiger partial charge is 0.420 e. The van der Waals surface area contributed by atoms with Crippen LogP contribution < -0.4 is 10.6 Å². The van der Waals surface area contributed by atoms with E-state index in [1.54, 1.807) is 23.7 Å². The highest BCUT2D eigenvalue weighted by atomic mass is 35.5. The van der Waals surface area contributed by atoms with E-state index in [-0.39, 0.29) is 33.6 Å². The van der Waals surface area contributed by atoms with Crippen molar-refractivity contribution in [3.8, 4) is 0 Å². The average molecular weight is 637 g/mol. The molecule has 2 aromatic carbocycles. The maximum atomic E-state index is 14.3. The maximum Gasteiger partial charge on any atom is 0.420 e. The van der Waals surface area contributed by atoms with Gasteiger partial charge in [-0.2, -0.15) is 18.3 Å². The van der Waals surface area contributed by atoms with Gasteiger partial charge in [0.05, 0.1) is 46.5 Å². The number of hydrogen-bond donors (Lipinski definition) is 3. The molecule has 0 radical (unpaired) electrons. The van der Waals surface area contributed by atoms with Crippen molar-refractivity contribution in [2.24, 2.45) is 0 Å². The number of nitrogens with one attached hydrogen (secondary N) is 2. The summed E-state index contributed by atoms with van der Waals surface area (Å²) in [5, 5.41) is 21.6. The number of halogens is 5. The van der Waals surface area contributed by atoms with Gasteiger partial charge in [0.25, 0.3) is 11.8 Å². The van der Waals surface area contributed by atoms with Crippen LogP contribution in [0.5, 0.6) is 0 Å². The summed E-state index contributed by atoms with van der Waals surface area (Å²) in [6, 6.07) is 7.77. The Morgan fingerprint density at radius 2 is 1.88 bits per heavy atom. The Balaban J connectivity index is 1.38. The van der Waals surface area contributed by atoms with Crippen LogP contribution in [0.2, 0.25) is 10.0 Å². The van der Waals surface area contributed by atoms with Crippen molar-refractivity contribution in [3.63, 3.8) is 0 Å². The fraction of sp³-hybridized carbons (Fsp3) is 0.367. The van der Waals surface area contributed by atoms with Crippen molar-refractivity contribution in [2.45, 2.75) is 50.0 Å². The van der Waals surface area contributed by atoms with Gasteiger partial charge < -0.3 is 20.6 Å². The number of aromatic nitrogens is 2. The number of anilines is 1. The molecule has 3 aromatic rings. The van der Waals surface area contributed by atoms with Crippen LogP contribution in [-0.4, -0.2) is 69.6 Å². The fourth-order valence-electron chi connectivity index (χ4n) is 5.02. The number of fused-ring (bicyclic) bond motifs is 1. The van der Waals surface area contributed by atoms with Crippen LogP contribution in [0.4, 0.5) is 18.9 Å². The minimum Gasteiger partial charge on any atom is -0.381 e. The van der Waals surface area contributed by atoms with Crippen LogP contribution >= 0.6 is 23.2 Å². The summed E-state index contributed by atoms with van der Waals surface area (Å²) in [5.74, 6) is -1.01. The summed E-state index contributed by atoms with van der Waals surface area (Å²) in [5.41, 5.74) is -1.22. The number of carbonyl (C=O) groups excluding carboxylic acids is 2. The maximum absolute atomic E-state index is 14.3. The second-order valence-corrected chi connectivity index (χ2v) is 11.9. The molecular formula is C30H30Cl2F3N5O3. The number of carbonyl (C=O) groups is 2. The van der Waals surface area contributed by atoms with Crippen LogP contribution in [0, 0.1) is 6.92 Å². The third-order valence-electron chi connectivity index (χ3n) is 7.52. The quantitative estimate of drug-likeness (QED) is 0.275. The van der Waals surface area contributed by atoms with Crippen molar-refractivity contribution in [3.05, 3.63) is 81.5 Å². The Morgan fingerprint density at radius 3 is 2.53 bits per heavy atom. The van der Waals surface area contributed by atoms with Gasteiger partial charge in [0, 0.05) is 29.7 Å². The summed E-state index contributed by atoms with van der Waals surface area (Å²) in [4.78, 5) is 26.3. The second-order valence-electron chi connectivity index (χ2n) is 11.1. The summed E-state index contributed by atoms with van der Waals surface area (Å²) in [6.45, 7) is -0.239. The molecule has 8 nitrogen and oxygen atoms in total. The lowest BCUT2D eigenvalue weighted by atomic mass is 10.0. The normalized spacial score (nSPS) is 18.2. The molecule has 0 spiro atoms. The van der Waals surface area contributed by atoms with E-state index in [9.17, 15) is 27.9 Å². The summed E-state index contributed by atoms with van der Waals surface area (Å²) < 4.78 is 44.6. The zero-order chi connectivity index (χ0) is 31.1. The number of allylic oxidation sites excluding steroid dienone is 2. The van der Waals surface area contributed by atoms with E-state index < -0.39 is 30.8 Å². The molecule has 2 aliphatic carbocycles. The molecule has 43 heavy (non-hydrogen) atoms. The molecule has 1 saturated carbocycles. The molecule has 0 saturated heterocycles. The van der Waals surface area contributed by atoms with E-state index >= 15 is 0 Å². The Bertz CT molecular complexity index is 1610. The molecular weight excluding hydrogens is 606 g/mol. The lowest BCUT2D eigenvalue weighted by molar-refractivity contribution is -0.256. The molecule has 2 amide bonds. The Kier molecular flexibility index (Phi) is 8.52. The number of likely N-dealkylation sites (N-methyl/N-ethyl adjacent to an activating group) is 1. The molecule has 3 N–H and O–H groups in total. The Hall–Kier alpha value is -3.54.